The van der Waals surface area contributed by atoms with Crippen LogP contribution >= 0.6 is 0 Å². The maximum atomic E-state index is 12.5. The predicted octanol–water partition coefficient (Wildman–Crippen LogP) is 2.86. The van der Waals surface area contributed by atoms with Crippen LogP contribution in [0.1, 0.15) is 24.2 Å². The molecule has 1 aliphatic carbocycles. The van der Waals surface area contributed by atoms with Crippen LogP contribution in [-0.4, -0.2) is 37.9 Å². The third kappa shape index (κ3) is 4.10. The Morgan fingerprint density at radius 3 is 2.52 bits per heavy atom. The summed E-state index contributed by atoms with van der Waals surface area (Å²) in [4.78, 5) is 24.8. The second-order valence-corrected chi connectivity index (χ2v) is 6.60. The quantitative estimate of drug-likeness (QED) is 0.451. The summed E-state index contributed by atoms with van der Waals surface area (Å²) in [7, 11) is 0. The fraction of sp³-hybridized carbons (Fsp3) is 0.500. The molecule has 0 bridgehead atoms. The lowest BCUT2D eigenvalue weighted by atomic mass is 9.70. The molecule has 134 valence electrons. The summed E-state index contributed by atoms with van der Waals surface area (Å²) in [6.45, 7) is 4.99. The predicted molar refractivity (Wildman–Crippen MR) is 91.9 cm³/mol. The van der Waals surface area contributed by atoms with Crippen molar-refractivity contribution in [2.45, 2.75) is 20.0 Å². The molecule has 0 aromatic heterocycles. The Hall–Kier alpha value is -2.14. The van der Waals surface area contributed by atoms with E-state index in [0.29, 0.717) is 18.8 Å². The highest BCUT2D eigenvalue weighted by atomic mass is 16.6. The van der Waals surface area contributed by atoms with Gasteiger partial charge < -0.3 is 14.2 Å². The lowest BCUT2D eigenvalue weighted by Crippen LogP contribution is -2.41. The molecule has 0 radical (unpaired) electrons. The van der Waals surface area contributed by atoms with E-state index >= 15 is 0 Å². The molecule has 5 heteroatoms. The molecule has 25 heavy (non-hydrogen) atoms. The zero-order chi connectivity index (χ0) is 17.8. The molecule has 5 nitrogen and oxygen atoms in total. The van der Waals surface area contributed by atoms with Crippen molar-refractivity contribution >= 4 is 11.9 Å². The van der Waals surface area contributed by atoms with E-state index in [1.54, 1.807) is 31.2 Å². The van der Waals surface area contributed by atoms with Crippen molar-refractivity contribution in [1.82, 2.24) is 0 Å². The Balaban J connectivity index is 1.74. The van der Waals surface area contributed by atoms with Crippen molar-refractivity contribution in [2.75, 3.05) is 19.8 Å². The maximum Gasteiger partial charge on any atom is 0.338 e. The van der Waals surface area contributed by atoms with E-state index in [9.17, 15) is 9.59 Å². The Kier molecular flexibility index (Phi) is 5.53. The summed E-state index contributed by atoms with van der Waals surface area (Å²) in [5, 5.41) is 0. The molecular weight excluding hydrogens is 320 g/mol. The van der Waals surface area contributed by atoms with Crippen LogP contribution in [0.25, 0.3) is 0 Å². The van der Waals surface area contributed by atoms with E-state index in [1.807, 2.05) is 19.1 Å². The SMILES string of the molecule is CCOC(=O)[C@H]1[C@H](COC(=O)c2ccccc2)[C@H]([C@@H]2CO2)C=C[C@H]1C. The van der Waals surface area contributed by atoms with Crippen LogP contribution in [0.5, 0.6) is 0 Å². The number of hydrogen-bond donors (Lipinski definition) is 0. The zero-order valence-electron chi connectivity index (χ0n) is 14.6. The van der Waals surface area contributed by atoms with Crippen LogP contribution in [0.15, 0.2) is 42.5 Å². The zero-order valence-corrected chi connectivity index (χ0v) is 14.6. The Morgan fingerprint density at radius 1 is 1.16 bits per heavy atom. The third-order valence-electron chi connectivity index (χ3n) is 4.92. The normalized spacial score (nSPS) is 30.6. The van der Waals surface area contributed by atoms with Crippen molar-refractivity contribution in [3.63, 3.8) is 0 Å². The number of hydrogen-bond acceptors (Lipinski definition) is 5. The first kappa shape index (κ1) is 17.7. The molecule has 1 heterocycles. The first-order chi connectivity index (χ1) is 12.1. The van der Waals surface area contributed by atoms with Gasteiger partial charge in [-0.3, -0.25) is 4.79 Å². The molecule has 5 atom stereocenters. The lowest BCUT2D eigenvalue weighted by Gasteiger charge is -2.36. The van der Waals surface area contributed by atoms with Crippen LogP contribution < -0.4 is 0 Å². The largest absolute Gasteiger partial charge is 0.466 e. The van der Waals surface area contributed by atoms with Crippen LogP contribution in [-0.2, 0) is 19.0 Å². The van der Waals surface area contributed by atoms with Gasteiger partial charge in [0.1, 0.15) is 0 Å². The number of benzene rings is 1. The second kappa shape index (κ2) is 7.83. The van der Waals surface area contributed by atoms with E-state index in [-0.39, 0.29) is 48.3 Å². The van der Waals surface area contributed by atoms with Gasteiger partial charge in [-0.2, -0.15) is 0 Å². The van der Waals surface area contributed by atoms with E-state index in [1.165, 1.54) is 0 Å². The monoisotopic (exact) mass is 344 g/mol. The number of rotatable bonds is 6. The van der Waals surface area contributed by atoms with E-state index < -0.39 is 0 Å². The van der Waals surface area contributed by atoms with Crippen molar-refractivity contribution in [3.8, 4) is 0 Å². The Morgan fingerprint density at radius 2 is 1.88 bits per heavy atom. The Labute approximate surface area is 148 Å². The van der Waals surface area contributed by atoms with Gasteiger partial charge in [-0.25, -0.2) is 4.79 Å². The van der Waals surface area contributed by atoms with Crippen molar-refractivity contribution in [1.29, 1.82) is 0 Å². The molecule has 1 fully saturated rings. The topological polar surface area (TPSA) is 65.1 Å². The lowest BCUT2D eigenvalue weighted by molar-refractivity contribution is -0.153. The molecule has 0 saturated carbocycles. The van der Waals surface area contributed by atoms with Crippen molar-refractivity contribution in [3.05, 3.63) is 48.0 Å². The molecule has 1 aliphatic heterocycles. The maximum absolute atomic E-state index is 12.5. The highest BCUT2D eigenvalue weighted by molar-refractivity contribution is 5.89. The summed E-state index contributed by atoms with van der Waals surface area (Å²) >= 11 is 0. The van der Waals surface area contributed by atoms with Gasteiger partial charge in [-0.1, -0.05) is 37.3 Å². The highest BCUT2D eigenvalue weighted by Crippen LogP contribution is 2.41. The van der Waals surface area contributed by atoms with Crippen LogP contribution in [0.3, 0.4) is 0 Å². The molecule has 1 aromatic carbocycles. The van der Waals surface area contributed by atoms with Gasteiger partial charge in [0, 0.05) is 11.8 Å². The molecule has 1 aromatic rings. The minimum absolute atomic E-state index is 0.0366. The fourth-order valence-electron chi connectivity index (χ4n) is 3.54. The molecule has 1 saturated heterocycles. The summed E-state index contributed by atoms with van der Waals surface area (Å²) in [6, 6.07) is 8.88. The van der Waals surface area contributed by atoms with Gasteiger partial charge >= 0.3 is 11.9 Å². The van der Waals surface area contributed by atoms with Crippen LogP contribution in [0.2, 0.25) is 0 Å². The molecule has 2 aliphatic rings. The average molecular weight is 344 g/mol. The van der Waals surface area contributed by atoms with Crippen molar-refractivity contribution < 1.29 is 23.8 Å². The molecular formula is C20H24O5. The highest BCUT2D eigenvalue weighted by Gasteiger charge is 2.47. The van der Waals surface area contributed by atoms with Gasteiger partial charge in [0.25, 0.3) is 0 Å². The minimum Gasteiger partial charge on any atom is -0.466 e. The minimum atomic E-state index is -0.374. The van der Waals surface area contributed by atoms with Gasteiger partial charge in [-0.15, -0.1) is 0 Å². The van der Waals surface area contributed by atoms with Crippen LogP contribution in [0.4, 0.5) is 0 Å². The second-order valence-electron chi connectivity index (χ2n) is 6.60. The number of epoxide rings is 1. The third-order valence-corrected chi connectivity index (χ3v) is 4.92. The Bertz CT molecular complexity index is 635. The van der Waals surface area contributed by atoms with Crippen molar-refractivity contribution in [2.24, 2.45) is 23.7 Å². The average Bonchev–Trinajstić information content (AvgIpc) is 3.45. The van der Waals surface area contributed by atoms with Crippen LogP contribution in [0, 0.1) is 23.7 Å². The number of esters is 2. The standard InChI is InChI=1S/C20H24O5/c1-3-23-20(22)18-13(2)9-10-15(17-12-24-17)16(18)11-25-19(21)14-7-5-4-6-8-14/h4-10,13,15-18H,3,11-12H2,1-2H3/t13-,15-,16-,17+,18-/m1/s1. The van der Waals surface area contributed by atoms with E-state index in [4.69, 9.17) is 14.2 Å². The summed E-state index contributed by atoms with van der Waals surface area (Å²) < 4.78 is 16.3. The van der Waals surface area contributed by atoms with Gasteiger partial charge in [0.2, 0.25) is 0 Å². The number of carbonyl (C=O) groups excluding carboxylic acids is 2. The van der Waals surface area contributed by atoms with E-state index in [2.05, 4.69) is 6.08 Å². The summed E-state index contributed by atoms with van der Waals surface area (Å²) in [5.74, 6) is -0.975. The fourth-order valence-corrected chi connectivity index (χ4v) is 3.54. The van der Waals surface area contributed by atoms with Gasteiger partial charge in [0.15, 0.2) is 0 Å². The number of ether oxygens (including phenoxy) is 3. The summed E-state index contributed by atoms with van der Waals surface area (Å²) in [6.07, 6.45) is 4.24. The molecule has 0 amide bonds. The first-order valence-electron chi connectivity index (χ1n) is 8.80. The van der Waals surface area contributed by atoms with Gasteiger partial charge in [-0.05, 0) is 25.0 Å². The molecule has 0 unspecified atom stereocenters. The first-order valence-corrected chi connectivity index (χ1v) is 8.80. The molecule has 0 N–H and O–H groups in total. The van der Waals surface area contributed by atoms with Gasteiger partial charge in [0.05, 0.1) is 37.4 Å². The smallest absolute Gasteiger partial charge is 0.338 e. The van der Waals surface area contributed by atoms with E-state index in [0.717, 1.165) is 0 Å². The molecule has 0 spiro atoms. The number of carbonyl (C=O) groups is 2. The molecule has 3 rings (SSSR count). The number of allylic oxidation sites excluding steroid dienone is 1. The summed E-state index contributed by atoms with van der Waals surface area (Å²) in [5.41, 5.74) is 0.508.